The molecule has 1 heterocycles. The Morgan fingerprint density at radius 1 is 1.16 bits per heavy atom. The number of thiophene rings is 1. The molecule has 2 N–H and O–H groups in total. The largest absolute Gasteiger partial charge is 0.457 e. The normalized spacial score (nSPS) is 10.2. The summed E-state index contributed by atoms with van der Waals surface area (Å²) in [5, 5.41) is 0. The summed E-state index contributed by atoms with van der Waals surface area (Å²) in [6.45, 7) is 0.160. The zero-order valence-electron chi connectivity index (χ0n) is 9.76. The molecule has 0 bridgehead atoms. The molecular weight excluding hydrogens is 330 g/mol. The van der Waals surface area contributed by atoms with E-state index >= 15 is 0 Å². The van der Waals surface area contributed by atoms with Gasteiger partial charge in [-0.15, -0.1) is 11.3 Å². The van der Waals surface area contributed by atoms with Gasteiger partial charge in [-0.05, 0) is 45.8 Å². The van der Waals surface area contributed by atoms with Crippen LogP contribution < -0.4 is 5.73 Å². The minimum absolute atomic E-state index is 0.160. The Bertz CT molecular complexity index is 607. The van der Waals surface area contributed by atoms with E-state index in [0.29, 0.717) is 10.4 Å². The molecule has 0 atom stereocenters. The highest BCUT2D eigenvalue weighted by Crippen LogP contribution is 2.22. The Hall–Kier alpha value is -1.66. The topological polar surface area (TPSA) is 69.4 Å². The average molecular weight is 340 g/mol. The fraction of sp³-hybridized carbons (Fsp3) is 0.0769. The molecular formula is C13H10BrNO3S. The van der Waals surface area contributed by atoms with E-state index in [1.54, 1.807) is 36.4 Å². The zero-order chi connectivity index (χ0) is 13.8. The van der Waals surface area contributed by atoms with Crippen LogP contribution in [0.5, 0.6) is 0 Å². The summed E-state index contributed by atoms with van der Waals surface area (Å²) in [6, 6.07) is 10.1. The van der Waals surface area contributed by atoms with E-state index in [0.717, 1.165) is 9.35 Å². The summed E-state index contributed by atoms with van der Waals surface area (Å²) in [7, 11) is 0. The number of hydrogen-bond donors (Lipinski definition) is 1. The van der Waals surface area contributed by atoms with Gasteiger partial charge in [0.05, 0.1) is 3.79 Å². The van der Waals surface area contributed by atoms with Crippen LogP contribution in [0, 0.1) is 0 Å². The molecule has 2 rings (SSSR count). The number of nitrogens with two attached hydrogens (primary N) is 1. The highest BCUT2D eigenvalue weighted by molar-refractivity contribution is 9.11. The van der Waals surface area contributed by atoms with Crippen LogP contribution in [0.25, 0.3) is 0 Å². The zero-order valence-corrected chi connectivity index (χ0v) is 12.2. The third-order valence-electron chi connectivity index (χ3n) is 2.38. The van der Waals surface area contributed by atoms with Crippen LogP contribution in [0.1, 0.15) is 25.6 Å². The van der Waals surface area contributed by atoms with E-state index in [2.05, 4.69) is 15.9 Å². The van der Waals surface area contributed by atoms with Gasteiger partial charge in [0.15, 0.2) is 0 Å². The fourth-order valence-corrected chi connectivity index (χ4v) is 2.69. The van der Waals surface area contributed by atoms with Gasteiger partial charge >= 0.3 is 5.97 Å². The van der Waals surface area contributed by atoms with E-state index in [-0.39, 0.29) is 12.6 Å². The molecule has 0 radical (unpaired) electrons. The molecule has 2 aromatic rings. The van der Waals surface area contributed by atoms with Gasteiger partial charge in [0.25, 0.3) is 0 Å². The van der Waals surface area contributed by atoms with Crippen molar-refractivity contribution in [1.29, 1.82) is 0 Å². The molecule has 19 heavy (non-hydrogen) atoms. The van der Waals surface area contributed by atoms with Gasteiger partial charge in [-0.1, -0.05) is 12.1 Å². The second-order valence-corrected chi connectivity index (χ2v) is 6.20. The van der Waals surface area contributed by atoms with Crippen molar-refractivity contribution in [3.05, 3.63) is 56.2 Å². The minimum Gasteiger partial charge on any atom is -0.457 e. The summed E-state index contributed by atoms with van der Waals surface area (Å²) in [5.41, 5.74) is 6.36. The standard InChI is InChI=1S/C13H10BrNO3S/c14-11-6-5-10(19-11)13(17)18-7-8-1-3-9(4-2-8)12(15)16/h1-6H,7H2,(H2,15,16). The first-order valence-electron chi connectivity index (χ1n) is 5.37. The fourth-order valence-electron chi connectivity index (χ4n) is 1.41. The van der Waals surface area contributed by atoms with Crippen molar-refractivity contribution in [1.82, 2.24) is 0 Å². The van der Waals surface area contributed by atoms with Crippen LogP contribution in [0.4, 0.5) is 0 Å². The number of esters is 1. The molecule has 98 valence electrons. The molecule has 0 unspecified atom stereocenters. The molecule has 0 fully saturated rings. The van der Waals surface area contributed by atoms with Gasteiger partial charge in [-0.2, -0.15) is 0 Å². The highest BCUT2D eigenvalue weighted by Gasteiger charge is 2.10. The molecule has 1 aromatic carbocycles. The van der Waals surface area contributed by atoms with Gasteiger partial charge in [0.2, 0.25) is 5.91 Å². The summed E-state index contributed by atoms with van der Waals surface area (Å²) < 4.78 is 6.04. The van der Waals surface area contributed by atoms with Crippen molar-refractivity contribution in [2.45, 2.75) is 6.61 Å². The third kappa shape index (κ3) is 3.65. The summed E-state index contributed by atoms with van der Waals surface area (Å²) in [5.74, 6) is -0.846. The van der Waals surface area contributed by atoms with Crippen molar-refractivity contribution in [2.24, 2.45) is 5.73 Å². The maximum absolute atomic E-state index is 11.7. The number of carbonyl (C=O) groups excluding carboxylic acids is 2. The van der Waals surface area contributed by atoms with Gasteiger partial charge in [0.1, 0.15) is 11.5 Å². The van der Waals surface area contributed by atoms with Crippen molar-refractivity contribution in [3.8, 4) is 0 Å². The number of benzene rings is 1. The number of halogens is 1. The number of rotatable bonds is 4. The first-order valence-corrected chi connectivity index (χ1v) is 6.98. The van der Waals surface area contributed by atoms with E-state index in [9.17, 15) is 9.59 Å². The number of carbonyl (C=O) groups is 2. The van der Waals surface area contributed by atoms with Crippen molar-refractivity contribution < 1.29 is 14.3 Å². The van der Waals surface area contributed by atoms with E-state index in [1.807, 2.05) is 0 Å². The van der Waals surface area contributed by atoms with E-state index < -0.39 is 5.91 Å². The van der Waals surface area contributed by atoms with E-state index in [1.165, 1.54) is 11.3 Å². The smallest absolute Gasteiger partial charge is 0.348 e. The summed E-state index contributed by atoms with van der Waals surface area (Å²) in [4.78, 5) is 23.1. The molecule has 0 spiro atoms. The quantitative estimate of drug-likeness (QED) is 0.870. The highest BCUT2D eigenvalue weighted by atomic mass is 79.9. The second-order valence-electron chi connectivity index (χ2n) is 3.74. The summed E-state index contributed by atoms with van der Waals surface area (Å²) >= 11 is 4.60. The molecule has 0 aliphatic heterocycles. The number of hydrogen-bond acceptors (Lipinski definition) is 4. The van der Waals surface area contributed by atoms with Gasteiger partial charge < -0.3 is 10.5 Å². The lowest BCUT2D eigenvalue weighted by Crippen LogP contribution is -2.10. The van der Waals surface area contributed by atoms with Gasteiger partial charge in [-0.3, -0.25) is 4.79 Å². The maximum atomic E-state index is 11.7. The lowest BCUT2D eigenvalue weighted by atomic mass is 10.1. The number of ether oxygens (including phenoxy) is 1. The maximum Gasteiger partial charge on any atom is 0.348 e. The predicted octanol–water partition coefficient (Wildman–Crippen LogP) is 2.97. The van der Waals surface area contributed by atoms with Crippen molar-refractivity contribution in [3.63, 3.8) is 0 Å². The van der Waals surface area contributed by atoms with Crippen molar-refractivity contribution >= 4 is 39.1 Å². The molecule has 0 aliphatic carbocycles. The average Bonchev–Trinajstić information content (AvgIpc) is 2.83. The van der Waals surface area contributed by atoms with Crippen LogP contribution in [0.15, 0.2) is 40.2 Å². The molecule has 6 heteroatoms. The van der Waals surface area contributed by atoms with Gasteiger partial charge in [-0.25, -0.2) is 4.79 Å². The van der Waals surface area contributed by atoms with E-state index in [4.69, 9.17) is 10.5 Å². The minimum atomic E-state index is -0.480. The van der Waals surface area contributed by atoms with Gasteiger partial charge in [0, 0.05) is 5.56 Å². The second kappa shape index (κ2) is 5.99. The molecule has 1 aromatic heterocycles. The Morgan fingerprint density at radius 3 is 2.37 bits per heavy atom. The Labute approximate surface area is 122 Å². The van der Waals surface area contributed by atoms with Crippen LogP contribution in [0.3, 0.4) is 0 Å². The monoisotopic (exact) mass is 339 g/mol. The molecule has 0 saturated carbocycles. The number of amides is 1. The first-order chi connectivity index (χ1) is 9.06. The number of primary amides is 1. The van der Waals surface area contributed by atoms with Crippen LogP contribution in [0.2, 0.25) is 0 Å². The SMILES string of the molecule is NC(=O)c1ccc(COC(=O)c2ccc(Br)s2)cc1. The summed E-state index contributed by atoms with van der Waals surface area (Å²) in [6.07, 6.45) is 0. The van der Waals surface area contributed by atoms with Crippen LogP contribution in [-0.4, -0.2) is 11.9 Å². The lowest BCUT2D eigenvalue weighted by molar-refractivity contribution is 0.0478. The Balaban J connectivity index is 1.95. The molecule has 1 amide bonds. The first kappa shape index (κ1) is 13.8. The molecule has 4 nitrogen and oxygen atoms in total. The Morgan fingerprint density at radius 2 is 1.84 bits per heavy atom. The van der Waals surface area contributed by atoms with Crippen LogP contribution >= 0.6 is 27.3 Å². The van der Waals surface area contributed by atoms with Crippen molar-refractivity contribution in [2.75, 3.05) is 0 Å². The lowest BCUT2D eigenvalue weighted by Gasteiger charge is -2.04. The molecule has 0 saturated heterocycles. The molecule has 0 aliphatic rings. The predicted molar refractivity (Wildman–Crippen MR) is 76.1 cm³/mol. The Kier molecular flexibility index (Phi) is 4.34. The van der Waals surface area contributed by atoms with Crippen LogP contribution in [-0.2, 0) is 11.3 Å². The third-order valence-corrected chi connectivity index (χ3v) is 3.99.